The molecule has 1 aromatic heterocycles. The zero-order valence-electron chi connectivity index (χ0n) is 12.7. The van der Waals surface area contributed by atoms with Gasteiger partial charge in [0, 0.05) is 18.7 Å². The van der Waals surface area contributed by atoms with Gasteiger partial charge in [0.25, 0.3) is 0 Å². The van der Waals surface area contributed by atoms with E-state index < -0.39 is 0 Å². The maximum Gasteiger partial charge on any atom is 0.137 e. The fourth-order valence-corrected chi connectivity index (χ4v) is 3.42. The van der Waals surface area contributed by atoms with E-state index in [9.17, 15) is 0 Å². The molecule has 20 heavy (non-hydrogen) atoms. The van der Waals surface area contributed by atoms with Crippen LogP contribution in [-0.4, -0.2) is 23.1 Å². The first-order valence-electron chi connectivity index (χ1n) is 8.00. The van der Waals surface area contributed by atoms with Gasteiger partial charge in [0.1, 0.15) is 17.3 Å². The average Bonchev–Trinajstić information content (AvgIpc) is 2.67. The number of rotatable bonds is 5. The summed E-state index contributed by atoms with van der Waals surface area (Å²) >= 11 is 6.27. The SMILES string of the molecule is CCCc1c(Cl)ncnc1N1CCCC(CCC)CC1. The molecule has 1 saturated heterocycles. The van der Waals surface area contributed by atoms with Crippen molar-refractivity contribution in [1.29, 1.82) is 0 Å². The summed E-state index contributed by atoms with van der Waals surface area (Å²) in [5.74, 6) is 1.96. The molecule has 0 saturated carbocycles. The first-order valence-corrected chi connectivity index (χ1v) is 8.38. The zero-order valence-corrected chi connectivity index (χ0v) is 13.5. The summed E-state index contributed by atoms with van der Waals surface area (Å²) < 4.78 is 0. The van der Waals surface area contributed by atoms with E-state index in [1.54, 1.807) is 6.33 Å². The van der Waals surface area contributed by atoms with Gasteiger partial charge in [0.15, 0.2) is 0 Å². The van der Waals surface area contributed by atoms with Gasteiger partial charge in [0.05, 0.1) is 0 Å². The number of hydrogen-bond donors (Lipinski definition) is 0. The lowest BCUT2D eigenvalue weighted by Crippen LogP contribution is -2.26. The van der Waals surface area contributed by atoms with Crippen molar-refractivity contribution in [2.75, 3.05) is 18.0 Å². The maximum atomic E-state index is 6.27. The Kier molecular flexibility index (Phi) is 6.08. The highest BCUT2D eigenvalue weighted by molar-refractivity contribution is 6.30. The van der Waals surface area contributed by atoms with Gasteiger partial charge in [-0.15, -0.1) is 0 Å². The third-order valence-corrected chi connectivity index (χ3v) is 4.54. The summed E-state index contributed by atoms with van der Waals surface area (Å²) in [6.45, 7) is 6.66. The quantitative estimate of drug-likeness (QED) is 0.750. The third-order valence-electron chi connectivity index (χ3n) is 4.21. The minimum absolute atomic E-state index is 0.631. The van der Waals surface area contributed by atoms with Crippen molar-refractivity contribution < 1.29 is 0 Å². The van der Waals surface area contributed by atoms with Crippen LogP contribution in [0, 0.1) is 5.92 Å². The Morgan fingerprint density at radius 1 is 1.20 bits per heavy atom. The summed E-state index contributed by atoms with van der Waals surface area (Å²) in [6.07, 6.45) is 10.2. The summed E-state index contributed by atoms with van der Waals surface area (Å²) in [7, 11) is 0. The molecule has 2 heterocycles. The highest BCUT2D eigenvalue weighted by atomic mass is 35.5. The van der Waals surface area contributed by atoms with Gasteiger partial charge in [-0.3, -0.25) is 0 Å². The molecule has 0 radical (unpaired) electrons. The van der Waals surface area contributed by atoms with Crippen LogP contribution in [0.4, 0.5) is 5.82 Å². The van der Waals surface area contributed by atoms with Gasteiger partial charge >= 0.3 is 0 Å². The monoisotopic (exact) mass is 295 g/mol. The number of nitrogens with zero attached hydrogens (tertiary/aromatic N) is 3. The first kappa shape index (κ1) is 15.6. The van der Waals surface area contributed by atoms with Crippen molar-refractivity contribution in [1.82, 2.24) is 9.97 Å². The van der Waals surface area contributed by atoms with Crippen molar-refractivity contribution >= 4 is 17.4 Å². The average molecular weight is 296 g/mol. The first-order chi connectivity index (χ1) is 9.76. The Hall–Kier alpha value is -0.830. The van der Waals surface area contributed by atoms with Crippen molar-refractivity contribution in [3.63, 3.8) is 0 Å². The molecule has 0 N–H and O–H groups in total. The molecule has 3 nitrogen and oxygen atoms in total. The van der Waals surface area contributed by atoms with Crippen LogP contribution in [0.5, 0.6) is 0 Å². The molecule has 0 aromatic carbocycles. The number of hydrogen-bond acceptors (Lipinski definition) is 3. The third kappa shape index (κ3) is 3.85. The smallest absolute Gasteiger partial charge is 0.137 e. The molecule has 0 bridgehead atoms. The van der Waals surface area contributed by atoms with E-state index in [0.717, 1.165) is 43.2 Å². The van der Waals surface area contributed by atoms with Crippen molar-refractivity contribution in [2.45, 2.75) is 58.8 Å². The topological polar surface area (TPSA) is 29.0 Å². The van der Waals surface area contributed by atoms with Gasteiger partial charge in [0.2, 0.25) is 0 Å². The summed E-state index contributed by atoms with van der Waals surface area (Å²) in [5, 5.41) is 0.631. The molecule has 1 aromatic rings. The summed E-state index contributed by atoms with van der Waals surface area (Å²) in [5.41, 5.74) is 1.13. The molecular weight excluding hydrogens is 270 g/mol. The van der Waals surface area contributed by atoms with Gasteiger partial charge in [-0.25, -0.2) is 9.97 Å². The van der Waals surface area contributed by atoms with Gasteiger partial charge in [-0.2, -0.15) is 0 Å². The molecule has 1 atom stereocenters. The molecular formula is C16H26ClN3. The Balaban J connectivity index is 2.13. The molecule has 1 fully saturated rings. The molecule has 0 amide bonds. The number of anilines is 1. The van der Waals surface area contributed by atoms with Gasteiger partial charge in [-0.1, -0.05) is 44.7 Å². The molecule has 1 aliphatic rings. The van der Waals surface area contributed by atoms with Crippen molar-refractivity contribution in [3.05, 3.63) is 17.0 Å². The summed E-state index contributed by atoms with van der Waals surface area (Å²) in [6, 6.07) is 0. The van der Waals surface area contributed by atoms with Crippen LogP contribution in [0.25, 0.3) is 0 Å². The van der Waals surface area contributed by atoms with Crippen LogP contribution in [-0.2, 0) is 6.42 Å². The molecule has 2 rings (SSSR count). The van der Waals surface area contributed by atoms with E-state index in [2.05, 4.69) is 28.7 Å². The number of halogens is 1. The molecule has 0 spiro atoms. The predicted molar refractivity (Wildman–Crippen MR) is 85.5 cm³/mol. The second kappa shape index (κ2) is 7.82. The second-order valence-corrected chi connectivity index (χ2v) is 6.15. The van der Waals surface area contributed by atoms with E-state index >= 15 is 0 Å². The lowest BCUT2D eigenvalue weighted by Gasteiger charge is -2.24. The van der Waals surface area contributed by atoms with Crippen LogP contribution >= 0.6 is 11.6 Å². The fraction of sp³-hybridized carbons (Fsp3) is 0.750. The van der Waals surface area contributed by atoms with Gasteiger partial charge in [-0.05, 0) is 31.6 Å². The van der Waals surface area contributed by atoms with E-state index in [1.165, 1.54) is 32.1 Å². The minimum Gasteiger partial charge on any atom is -0.356 e. The van der Waals surface area contributed by atoms with Crippen molar-refractivity contribution in [3.8, 4) is 0 Å². The van der Waals surface area contributed by atoms with E-state index in [-0.39, 0.29) is 0 Å². The van der Waals surface area contributed by atoms with E-state index in [0.29, 0.717) is 5.15 Å². The number of aromatic nitrogens is 2. The maximum absolute atomic E-state index is 6.27. The standard InChI is InChI=1S/C16H26ClN3/c1-3-6-13-8-5-10-20(11-9-13)16-14(7-4-2)15(17)18-12-19-16/h12-13H,3-11H2,1-2H3. The Labute approximate surface area is 127 Å². The van der Waals surface area contributed by atoms with Crippen LogP contribution in [0.1, 0.15) is 57.9 Å². The van der Waals surface area contributed by atoms with Crippen LogP contribution in [0.15, 0.2) is 6.33 Å². The normalized spacial score (nSPS) is 19.9. The minimum atomic E-state index is 0.631. The lowest BCUT2D eigenvalue weighted by atomic mass is 9.96. The Morgan fingerprint density at radius 2 is 2.05 bits per heavy atom. The van der Waals surface area contributed by atoms with Gasteiger partial charge < -0.3 is 4.90 Å². The van der Waals surface area contributed by atoms with E-state index in [1.807, 2.05) is 0 Å². The molecule has 0 aliphatic carbocycles. The highest BCUT2D eigenvalue weighted by Crippen LogP contribution is 2.29. The Bertz CT molecular complexity index is 422. The molecule has 4 heteroatoms. The fourth-order valence-electron chi connectivity index (χ4n) is 3.19. The molecule has 1 unspecified atom stereocenters. The molecule has 112 valence electrons. The largest absolute Gasteiger partial charge is 0.356 e. The zero-order chi connectivity index (χ0) is 14.4. The lowest BCUT2D eigenvalue weighted by molar-refractivity contribution is 0.435. The summed E-state index contributed by atoms with van der Waals surface area (Å²) in [4.78, 5) is 11.1. The van der Waals surface area contributed by atoms with Crippen LogP contribution in [0.2, 0.25) is 5.15 Å². The van der Waals surface area contributed by atoms with Crippen LogP contribution < -0.4 is 4.90 Å². The van der Waals surface area contributed by atoms with Crippen LogP contribution in [0.3, 0.4) is 0 Å². The second-order valence-electron chi connectivity index (χ2n) is 5.79. The van der Waals surface area contributed by atoms with E-state index in [4.69, 9.17) is 11.6 Å². The molecule has 1 aliphatic heterocycles. The predicted octanol–water partition coefficient (Wildman–Crippen LogP) is 4.49. The Morgan fingerprint density at radius 3 is 2.80 bits per heavy atom. The van der Waals surface area contributed by atoms with Crippen molar-refractivity contribution in [2.24, 2.45) is 5.92 Å². The highest BCUT2D eigenvalue weighted by Gasteiger charge is 2.20.